The lowest BCUT2D eigenvalue weighted by Crippen LogP contribution is -2.61. The van der Waals surface area contributed by atoms with E-state index in [0.717, 1.165) is 6.92 Å². The third kappa shape index (κ3) is 7.51. The molecule has 0 radical (unpaired) electrons. The van der Waals surface area contributed by atoms with Crippen LogP contribution in [-0.2, 0) is 19.1 Å². The van der Waals surface area contributed by atoms with Gasteiger partial charge >= 0.3 is 5.97 Å². The molecule has 1 aliphatic heterocycles. The minimum Gasteiger partial charge on any atom is -0.481 e. The second-order valence-electron chi connectivity index (χ2n) is 5.84. The highest BCUT2D eigenvalue weighted by Crippen LogP contribution is 2.24. The van der Waals surface area contributed by atoms with Crippen LogP contribution in [0.3, 0.4) is 0 Å². The van der Waals surface area contributed by atoms with Gasteiger partial charge in [-0.05, 0) is 0 Å². The maximum absolute atomic E-state index is 10.7. The van der Waals surface area contributed by atoms with Crippen LogP contribution in [0.1, 0.15) is 6.92 Å². The number of aliphatic carboxylic acids is 2. The van der Waals surface area contributed by atoms with Crippen molar-refractivity contribution in [2.24, 2.45) is 0 Å². The topological polar surface area (TPSA) is 255 Å². The van der Waals surface area contributed by atoms with Gasteiger partial charge in [-0.25, -0.2) is 4.79 Å². The molecule has 14 heteroatoms. The van der Waals surface area contributed by atoms with E-state index in [4.69, 9.17) is 34.7 Å². The van der Waals surface area contributed by atoms with E-state index in [1.807, 2.05) is 0 Å². The summed E-state index contributed by atoms with van der Waals surface area (Å²) in [6.07, 6.45) is -16.9. The highest BCUT2D eigenvalue weighted by atomic mass is 16.7. The van der Waals surface area contributed by atoms with Crippen molar-refractivity contribution in [2.45, 2.75) is 62.0 Å². The minimum atomic E-state index is -2.39. The van der Waals surface area contributed by atoms with Crippen molar-refractivity contribution in [3.63, 3.8) is 0 Å². The standard InChI is InChI=1S/C12H22O12.C2H4O2/c13-1-3(15)10(7(18)8(19)11(21)22)24-12-9(20)6(17)5(16)4(2-14)23-12;1-2(3)4/h3-10,12-20H,1-2H2,(H,21,22);1H3,(H,3,4)/t3-,4-,5+,6+,7-,8-,9-,10-,12+;/m1./s1. The Morgan fingerprint density at radius 3 is 1.89 bits per heavy atom. The second-order valence-corrected chi connectivity index (χ2v) is 5.84. The Kier molecular flexibility index (Phi) is 11.5. The summed E-state index contributed by atoms with van der Waals surface area (Å²) in [5, 5.41) is 91.9. The molecule has 1 rings (SSSR count). The molecular weight excluding hydrogens is 392 g/mol. The molecule has 0 aromatic heterocycles. The van der Waals surface area contributed by atoms with Crippen LogP contribution in [0.4, 0.5) is 0 Å². The van der Waals surface area contributed by atoms with Crippen molar-refractivity contribution in [3.8, 4) is 0 Å². The van der Waals surface area contributed by atoms with Gasteiger partial charge in [-0.15, -0.1) is 0 Å². The highest BCUT2D eigenvalue weighted by molar-refractivity contribution is 5.72. The predicted molar refractivity (Wildman–Crippen MR) is 84.7 cm³/mol. The normalized spacial score (nSPS) is 31.7. The van der Waals surface area contributed by atoms with Crippen molar-refractivity contribution in [1.29, 1.82) is 0 Å². The fourth-order valence-corrected chi connectivity index (χ4v) is 2.16. The summed E-state index contributed by atoms with van der Waals surface area (Å²) >= 11 is 0. The number of carbonyl (C=O) groups is 2. The zero-order valence-electron chi connectivity index (χ0n) is 14.7. The zero-order chi connectivity index (χ0) is 22.2. The molecule has 1 heterocycles. The Morgan fingerprint density at radius 1 is 1.00 bits per heavy atom. The summed E-state index contributed by atoms with van der Waals surface area (Å²) in [7, 11) is 0. The number of hydrogen-bond acceptors (Lipinski definition) is 12. The lowest BCUT2D eigenvalue weighted by Gasteiger charge is -2.42. The van der Waals surface area contributed by atoms with Gasteiger partial charge in [0.25, 0.3) is 5.97 Å². The fourth-order valence-electron chi connectivity index (χ4n) is 2.16. The SMILES string of the molecule is CC(=O)O.O=C(O)[C@H](O)[C@@H](O)[C@H](O[C@@H]1O[C@H](CO)[C@H](O)[C@H](O)[C@H]1O)[C@H](O)CO. The number of carboxylic acids is 2. The highest BCUT2D eigenvalue weighted by Gasteiger charge is 2.47. The number of aliphatic hydroxyl groups excluding tert-OH is 8. The van der Waals surface area contributed by atoms with Crippen LogP contribution in [0.2, 0.25) is 0 Å². The molecule has 166 valence electrons. The van der Waals surface area contributed by atoms with Gasteiger partial charge in [0.05, 0.1) is 13.2 Å². The molecule has 1 fully saturated rings. The van der Waals surface area contributed by atoms with E-state index in [-0.39, 0.29) is 0 Å². The van der Waals surface area contributed by atoms with Crippen LogP contribution in [-0.4, -0.2) is 131 Å². The minimum absolute atomic E-state index is 0.766. The lowest BCUT2D eigenvalue weighted by molar-refractivity contribution is -0.326. The molecule has 0 aromatic carbocycles. The number of hydrogen-bond donors (Lipinski definition) is 10. The molecule has 0 bridgehead atoms. The summed E-state index contributed by atoms with van der Waals surface area (Å²) in [6, 6.07) is 0. The smallest absolute Gasteiger partial charge is 0.335 e. The van der Waals surface area contributed by atoms with E-state index < -0.39 is 80.3 Å². The van der Waals surface area contributed by atoms with Gasteiger partial charge in [0.2, 0.25) is 0 Å². The van der Waals surface area contributed by atoms with Crippen LogP contribution in [0.5, 0.6) is 0 Å². The fraction of sp³-hybridized carbons (Fsp3) is 0.857. The van der Waals surface area contributed by atoms with Gasteiger partial charge in [0.15, 0.2) is 12.4 Å². The third-order valence-corrected chi connectivity index (χ3v) is 3.62. The number of aliphatic hydroxyl groups is 8. The van der Waals surface area contributed by atoms with Crippen LogP contribution in [0.15, 0.2) is 0 Å². The van der Waals surface area contributed by atoms with E-state index in [0.29, 0.717) is 0 Å². The first-order valence-corrected chi connectivity index (χ1v) is 7.92. The Balaban J connectivity index is 0.00000165. The molecule has 0 amide bonds. The first kappa shape index (κ1) is 26.5. The molecule has 10 N–H and O–H groups in total. The van der Waals surface area contributed by atoms with Gasteiger partial charge in [-0.1, -0.05) is 0 Å². The maximum Gasteiger partial charge on any atom is 0.335 e. The molecular formula is C14H26O14. The van der Waals surface area contributed by atoms with Gasteiger partial charge in [0.1, 0.15) is 42.7 Å². The van der Waals surface area contributed by atoms with Gasteiger partial charge in [-0.3, -0.25) is 4.79 Å². The average Bonchev–Trinajstić information content (AvgIpc) is 2.63. The molecule has 1 aliphatic rings. The van der Waals surface area contributed by atoms with Crippen molar-refractivity contribution in [1.82, 2.24) is 0 Å². The van der Waals surface area contributed by atoms with Gasteiger partial charge < -0.3 is 60.5 Å². The summed E-state index contributed by atoms with van der Waals surface area (Å²) in [5.74, 6) is -2.67. The first-order chi connectivity index (χ1) is 12.9. The predicted octanol–water partition coefficient (Wildman–Crippen LogP) is -5.58. The largest absolute Gasteiger partial charge is 0.481 e. The average molecular weight is 418 g/mol. The van der Waals surface area contributed by atoms with Crippen LogP contribution in [0, 0.1) is 0 Å². The van der Waals surface area contributed by atoms with E-state index >= 15 is 0 Å². The molecule has 9 atom stereocenters. The second kappa shape index (κ2) is 12.2. The maximum atomic E-state index is 10.7. The molecule has 28 heavy (non-hydrogen) atoms. The first-order valence-electron chi connectivity index (χ1n) is 7.92. The van der Waals surface area contributed by atoms with E-state index in [1.165, 1.54) is 0 Å². The molecule has 0 spiro atoms. The monoisotopic (exact) mass is 418 g/mol. The molecule has 0 aliphatic carbocycles. The number of carboxylic acid groups (broad SMARTS) is 2. The molecule has 0 saturated carbocycles. The number of ether oxygens (including phenoxy) is 2. The van der Waals surface area contributed by atoms with Crippen LogP contribution in [0.25, 0.3) is 0 Å². The van der Waals surface area contributed by atoms with Gasteiger partial charge in [-0.2, -0.15) is 0 Å². The summed E-state index contributed by atoms with van der Waals surface area (Å²) in [6.45, 7) is -0.677. The Labute approximate surface area is 158 Å². The van der Waals surface area contributed by atoms with Crippen molar-refractivity contribution in [3.05, 3.63) is 0 Å². The molecule has 14 nitrogen and oxygen atoms in total. The Morgan fingerprint density at radius 2 is 1.50 bits per heavy atom. The van der Waals surface area contributed by atoms with E-state index in [2.05, 4.69) is 0 Å². The van der Waals surface area contributed by atoms with Crippen molar-refractivity contribution < 1.29 is 70.1 Å². The zero-order valence-corrected chi connectivity index (χ0v) is 14.7. The van der Waals surface area contributed by atoms with Gasteiger partial charge in [0, 0.05) is 6.92 Å². The van der Waals surface area contributed by atoms with E-state index in [1.54, 1.807) is 0 Å². The van der Waals surface area contributed by atoms with E-state index in [9.17, 15) is 35.4 Å². The van der Waals surface area contributed by atoms with Crippen LogP contribution >= 0.6 is 0 Å². The lowest BCUT2D eigenvalue weighted by atomic mass is 9.98. The van der Waals surface area contributed by atoms with Crippen molar-refractivity contribution >= 4 is 11.9 Å². The van der Waals surface area contributed by atoms with Crippen molar-refractivity contribution in [2.75, 3.05) is 13.2 Å². The van der Waals surface area contributed by atoms with Crippen LogP contribution < -0.4 is 0 Å². The number of rotatable bonds is 8. The molecule has 1 saturated heterocycles. The Bertz CT molecular complexity index is 481. The summed E-state index contributed by atoms with van der Waals surface area (Å²) < 4.78 is 9.98. The summed E-state index contributed by atoms with van der Waals surface area (Å²) in [4.78, 5) is 19.7. The quantitative estimate of drug-likeness (QED) is 0.176. The third-order valence-electron chi connectivity index (χ3n) is 3.62. The Hall–Kier alpha value is -1.46. The summed E-state index contributed by atoms with van der Waals surface area (Å²) in [5.41, 5.74) is 0. The molecule has 0 aromatic rings. The molecule has 0 unspecified atom stereocenters.